The van der Waals surface area contributed by atoms with Crippen LogP contribution in [0.4, 0.5) is 0 Å². The molecule has 6 nitrogen and oxygen atoms in total. The number of hydrogen-bond acceptors (Lipinski definition) is 3. The van der Waals surface area contributed by atoms with Gasteiger partial charge in [-0.05, 0) is 24.6 Å². The molecule has 0 unspecified atom stereocenters. The quantitative estimate of drug-likeness (QED) is 0.701. The zero-order valence-electron chi connectivity index (χ0n) is 9.84. The molecule has 2 amide bonds. The Hall–Kier alpha value is -2.37. The molecule has 18 heavy (non-hydrogen) atoms. The van der Waals surface area contributed by atoms with E-state index < -0.39 is 23.8 Å². The summed E-state index contributed by atoms with van der Waals surface area (Å²) in [4.78, 5) is 33.5. The van der Waals surface area contributed by atoms with Crippen molar-refractivity contribution < 1.29 is 19.5 Å². The van der Waals surface area contributed by atoms with Crippen LogP contribution in [-0.4, -0.2) is 28.9 Å². The highest BCUT2D eigenvalue weighted by atomic mass is 16.4. The summed E-state index contributed by atoms with van der Waals surface area (Å²) >= 11 is 0. The van der Waals surface area contributed by atoms with Crippen LogP contribution in [0.5, 0.6) is 0 Å². The van der Waals surface area contributed by atoms with Gasteiger partial charge in [-0.25, -0.2) is 4.79 Å². The first-order valence-electron chi connectivity index (χ1n) is 5.39. The third-order valence-electron chi connectivity index (χ3n) is 2.42. The summed E-state index contributed by atoms with van der Waals surface area (Å²) in [5.74, 6) is -2.29. The predicted molar refractivity (Wildman–Crippen MR) is 64.1 cm³/mol. The topological polar surface area (TPSA) is 109 Å². The summed E-state index contributed by atoms with van der Waals surface area (Å²) in [6, 6.07) is 4.85. The molecule has 0 fully saturated rings. The number of benzene rings is 1. The Kier molecular flexibility index (Phi) is 4.42. The Balaban J connectivity index is 2.87. The first-order valence-corrected chi connectivity index (χ1v) is 5.39. The number of carbonyl (C=O) groups is 3. The molecule has 0 bridgehead atoms. The van der Waals surface area contributed by atoms with Crippen LogP contribution in [0.15, 0.2) is 24.3 Å². The third-order valence-corrected chi connectivity index (χ3v) is 2.42. The molecule has 0 aromatic heterocycles. The standard InChI is InChI=1S/C12H14N2O4/c1-2-9(12(17)18)14-11(16)8-5-3-4-7(6-8)10(13)15/h3-6,9H,2H2,1H3,(H2,13,15)(H,14,16)(H,17,18)/t9-/m1/s1. The fourth-order valence-electron chi connectivity index (χ4n) is 1.39. The monoisotopic (exact) mass is 250 g/mol. The molecule has 4 N–H and O–H groups in total. The van der Waals surface area contributed by atoms with Crippen LogP contribution in [0.25, 0.3) is 0 Å². The van der Waals surface area contributed by atoms with Gasteiger partial charge >= 0.3 is 5.97 Å². The van der Waals surface area contributed by atoms with E-state index >= 15 is 0 Å². The molecule has 1 aromatic carbocycles. The second kappa shape index (κ2) is 5.81. The molecule has 0 spiro atoms. The Morgan fingerprint density at radius 3 is 2.44 bits per heavy atom. The minimum Gasteiger partial charge on any atom is -0.480 e. The van der Waals surface area contributed by atoms with Crippen LogP contribution >= 0.6 is 0 Å². The van der Waals surface area contributed by atoms with Gasteiger partial charge in [0.05, 0.1) is 0 Å². The molecule has 1 atom stereocenters. The average molecular weight is 250 g/mol. The molecule has 0 aliphatic rings. The van der Waals surface area contributed by atoms with Crippen molar-refractivity contribution in [3.05, 3.63) is 35.4 Å². The molecular weight excluding hydrogens is 236 g/mol. The number of nitrogens with one attached hydrogen (secondary N) is 1. The fraction of sp³-hybridized carbons (Fsp3) is 0.250. The van der Waals surface area contributed by atoms with E-state index in [2.05, 4.69) is 5.32 Å². The van der Waals surface area contributed by atoms with Gasteiger partial charge in [-0.15, -0.1) is 0 Å². The number of carbonyl (C=O) groups excluding carboxylic acids is 2. The molecule has 0 radical (unpaired) electrons. The van der Waals surface area contributed by atoms with Crippen molar-refractivity contribution in [1.82, 2.24) is 5.32 Å². The number of nitrogens with two attached hydrogens (primary N) is 1. The van der Waals surface area contributed by atoms with Crippen molar-refractivity contribution in [2.75, 3.05) is 0 Å². The van der Waals surface area contributed by atoms with Crippen LogP contribution in [-0.2, 0) is 4.79 Å². The van der Waals surface area contributed by atoms with Crippen LogP contribution in [0, 0.1) is 0 Å². The first-order chi connectivity index (χ1) is 8.45. The number of amides is 2. The van der Waals surface area contributed by atoms with E-state index in [1.807, 2.05) is 0 Å². The van der Waals surface area contributed by atoms with Gasteiger partial charge in [-0.3, -0.25) is 9.59 Å². The second-order valence-electron chi connectivity index (χ2n) is 3.72. The molecule has 0 aliphatic heterocycles. The largest absolute Gasteiger partial charge is 0.480 e. The van der Waals surface area contributed by atoms with Gasteiger partial charge in [-0.1, -0.05) is 13.0 Å². The van der Waals surface area contributed by atoms with E-state index in [1.165, 1.54) is 24.3 Å². The van der Waals surface area contributed by atoms with E-state index in [0.29, 0.717) is 0 Å². The fourth-order valence-corrected chi connectivity index (χ4v) is 1.39. The lowest BCUT2D eigenvalue weighted by molar-refractivity contribution is -0.139. The lowest BCUT2D eigenvalue weighted by Gasteiger charge is -2.12. The van der Waals surface area contributed by atoms with Gasteiger partial charge in [-0.2, -0.15) is 0 Å². The summed E-state index contributed by atoms with van der Waals surface area (Å²) in [5.41, 5.74) is 5.49. The maximum atomic E-state index is 11.8. The summed E-state index contributed by atoms with van der Waals surface area (Å²) in [5, 5.41) is 11.2. The van der Waals surface area contributed by atoms with E-state index in [1.54, 1.807) is 6.92 Å². The normalized spacial score (nSPS) is 11.6. The highest BCUT2D eigenvalue weighted by Gasteiger charge is 2.18. The number of hydrogen-bond donors (Lipinski definition) is 3. The molecule has 96 valence electrons. The van der Waals surface area contributed by atoms with Crippen molar-refractivity contribution >= 4 is 17.8 Å². The number of rotatable bonds is 5. The number of primary amides is 1. The maximum Gasteiger partial charge on any atom is 0.326 e. The van der Waals surface area contributed by atoms with Crippen LogP contribution in [0.3, 0.4) is 0 Å². The lowest BCUT2D eigenvalue weighted by Crippen LogP contribution is -2.40. The zero-order valence-corrected chi connectivity index (χ0v) is 9.84. The minimum atomic E-state index is -1.10. The molecule has 0 heterocycles. The second-order valence-corrected chi connectivity index (χ2v) is 3.72. The number of carboxylic acid groups (broad SMARTS) is 1. The van der Waals surface area contributed by atoms with Gasteiger partial charge in [0.2, 0.25) is 5.91 Å². The van der Waals surface area contributed by atoms with E-state index in [0.717, 1.165) is 0 Å². The van der Waals surface area contributed by atoms with Crippen molar-refractivity contribution in [2.45, 2.75) is 19.4 Å². The van der Waals surface area contributed by atoms with Gasteiger partial charge in [0.15, 0.2) is 0 Å². The minimum absolute atomic E-state index is 0.200. The molecule has 6 heteroatoms. The van der Waals surface area contributed by atoms with Crippen molar-refractivity contribution in [3.8, 4) is 0 Å². The van der Waals surface area contributed by atoms with Gasteiger partial charge in [0, 0.05) is 11.1 Å². The van der Waals surface area contributed by atoms with Crippen molar-refractivity contribution in [3.63, 3.8) is 0 Å². The summed E-state index contributed by atoms with van der Waals surface area (Å²) in [6.07, 6.45) is 0.274. The Labute approximate surface area is 104 Å². The van der Waals surface area contributed by atoms with Gasteiger partial charge in [0.25, 0.3) is 5.91 Å². The smallest absolute Gasteiger partial charge is 0.326 e. The molecule has 0 saturated carbocycles. The third kappa shape index (κ3) is 3.31. The van der Waals surface area contributed by atoms with Crippen molar-refractivity contribution in [2.24, 2.45) is 5.73 Å². The lowest BCUT2D eigenvalue weighted by atomic mass is 10.1. The highest BCUT2D eigenvalue weighted by Crippen LogP contribution is 2.05. The molecule has 1 rings (SSSR count). The summed E-state index contributed by atoms with van der Waals surface area (Å²) < 4.78 is 0. The van der Waals surface area contributed by atoms with E-state index in [4.69, 9.17) is 10.8 Å². The predicted octanol–water partition coefficient (Wildman–Crippen LogP) is 0.378. The van der Waals surface area contributed by atoms with E-state index in [9.17, 15) is 14.4 Å². The Bertz CT molecular complexity index is 485. The Morgan fingerprint density at radius 1 is 1.33 bits per heavy atom. The van der Waals surface area contributed by atoms with Gasteiger partial charge in [0.1, 0.15) is 6.04 Å². The molecule has 1 aromatic rings. The highest BCUT2D eigenvalue weighted by molar-refractivity contribution is 6.00. The van der Waals surface area contributed by atoms with Crippen molar-refractivity contribution in [1.29, 1.82) is 0 Å². The average Bonchev–Trinajstić information content (AvgIpc) is 2.35. The first kappa shape index (κ1) is 13.7. The summed E-state index contributed by atoms with van der Waals surface area (Å²) in [7, 11) is 0. The number of aliphatic carboxylic acids is 1. The molecular formula is C12H14N2O4. The zero-order chi connectivity index (χ0) is 13.7. The maximum absolute atomic E-state index is 11.8. The van der Waals surface area contributed by atoms with Gasteiger partial charge < -0.3 is 16.2 Å². The van der Waals surface area contributed by atoms with Crippen LogP contribution in [0.1, 0.15) is 34.1 Å². The SMILES string of the molecule is CC[C@@H](NC(=O)c1cccc(C(N)=O)c1)C(=O)O. The number of carboxylic acids is 1. The van der Waals surface area contributed by atoms with Crippen LogP contribution in [0.2, 0.25) is 0 Å². The van der Waals surface area contributed by atoms with E-state index in [-0.39, 0.29) is 17.5 Å². The summed E-state index contributed by atoms with van der Waals surface area (Å²) in [6.45, 7) is 1.65. The molecule has 0 aliphatic carbocycles. The Morgan fingerprint density at radius 2 is 1.94 bits per heavy atom. The molecule has 0 saturated heterocycles. The van der Waals surface area contributed by atoms with Crippen LogP contribution < -0.4 is 11.1 Å².